The number of rotatable bonds is 7. The van der Waals surface area contributed by atoms with E-state index in [1.165, 1.54) is 0 Å². The van der Waals surface area contributed by atoms with Gasteiger partial charge < -0.3 is 14.7 Å². The first kappa shape index (κ1) is 21.5. The zero-order valence-electron chi connectivity index (χ0n) is 14.4. The molecule has 0 aliphatic carbocycles. The van der Waals surface area contributed by atoms with Gasteiger partial charge in [-0.25, -0.2) is 4.79 Å². The minimum Gasteiger partial charge on any atom is -0.506 e. The van der Waals surface area contributed by atoms with Crippen molar-refractivity contribution in [1.82, 2.24) is 4.90 Å². The monoisotopic (exact) mass is 427 g/mol. The molecule has 0 aromatic heterocycles. The van der Waals surface area contributed by atoms with Gasteiger partial charge in [-0.05, 0) is 30.8 Å². The minimum absolute atomic E-state index is 0. The maximum atomic E-state index is 12.3. The minimum atomic E-state index is -0.516. The van der Waals surface area contributed by atoms with Crippen LogP contribution in [-0.2, 0) is 4.74 Å². The van der Waals surface area contributed by atoms with Crippen molar-refractivity contribution in [3.8, 4) is 16.9 Å². The van der Waals surface area contributed by atoms with Gasteiger partial charge in [0.15, 0.2) is 0 Å². The Balaban J connectivity index is 0.00000312. The van der Waals surface area contributed by atoms with Crippen molar-refractivity contribution >= 4 is 34.3 Å². The molecule has 0 saturated carbocycles. The summed E-state index contributed by atoms with van der Waals surface area (Å²) in [7, 11) is 0. The third-order valence-corrected chi connectivity index (χ3v) is 4.37. The Bertz CT molecular complexity index is 691. The molecule has 136 valence electrons. The van der Waals surface area contributed by atoms with Gasteiger partial charge in [0.1, 0.15) is 17.9 Å². The number of phenols is 1. The Kier molecular flexibility index (Phi) is 8.97. The van der Waals surface area contributed by atoms with E-state index < -0.39 is 5.97 Å². The van der Waals surface area contributed by atoms with Crippen LogP contribution in [-0.4, -0.2) is 42.2 Å². The van der Waals surface area contributed by atoms with Gasteiger partial charge >= 0.3 is 5.97 Å². The number of phenolic OH excluding ortho intramolecular Hbond substituents is 1. The Hall–Kier alpha value is -1.56. The summed E-state index contributed by atoms with van der Waals surface area (Å²) in [6, 6.07) is 12.8. The van der Waals surface area contributed by atoms with E-state index in [0.29, 0.717) is 18.7 Å². The van der Waals surface area contributed by atoms with Crippen molar-refractivity contribution in [3.63, 3.8) is 0 Å². The maximum Gasteiger partial charge on any atom is 0.342 e. The van der Waals surface area contributed by atoms with E-state index in [1.54, 1.807) is 12.1 Å². The molecule has 0 fully saturated rings. The molecule has 0 heterocycles. The molecule has 0 aliphatic heterocycles. The number of aromatic hydroxyl groups is 1. The van der Waals surface area contributed by atoms with Gasteiger partial charge in [0.2, 0.25) is 0 Å². The van der Waals surface area contributed by atoms with Crippen LogP contribution >= 0.6 is 28.3 Å². The van der Waals surface area contributed by atoms with Crippen LogP contribution in [0.3, 0.4) is 0 Å². The van der Waals surface area contributed by atoms with E-state index in [2.05, 4.69) is 34.7 Å². The maximum absolute atomic E-state index is 12.3. The van der Waals surface area contributed by atoms with Crippen molar-refractivity contribution < 1.29 is 14.6 Å². The first-order valence-corrected chi connectivity index (χ1v) is 8.83. The highest BCUT2D eigenvalue weighted by molar-refractivity contribution is 9.10. The molecule has 1 N–H and O–H groups in total. The number of halogens is 2. The van der Waals surface area contributed by atoms with Gasteiger partial charge in [-0.15, -0.1) is 12.4 Å². The van der Waals surface area contributed by atoms with E-state index >= 15 is 0 Å². The number of hydrogen-bond donors (Lipinski definition) is 1. The third-order valence-electron chi connectivity index (χ3n) is 3.91. The summed E-state index contributed by atoms with van der Waals surface area (Å²) in [5, 5.41) is 10.5. The number of hydrogen-bond acceptors (Lipinski definition) is 4. The molecular formula is C19H23BrClNO3. The summed E-state index contributed by atoms with van der Waals surface area (Å²) >= 11 is 3.40. The number of carbonyl (C=O) groups is 1. The fraction of sp³-hybridized carbons (Fsp3) is 0.316. The quantitative estimate of drug-likeness (QED) is 0.647. The molecule has 0 aliphatic rings. The Morgan fingerprint density at radius 2 is 1.80 bits per heavy atom. The molecule has 0 amide bonds. The first-order valence-electron chi connectivity index (χ1n) is 8.04. The lowest BCUT2D eigenvalue weighted by molar-refractivity contribution is 0.0463. The summed E-state index contributed by atoms with van der Waals surface area (Å²) in [6.07, 6.45) is 0. The zero-order chi connectivity index (χ0) is 17.5. The number of nitrogens with zero attached hydrogens (tertiary/aromatic N) is 1. The Morgan fingerprint density at radius 1 is 1.16 bits per heavy atom. The van der Waals surface area contributed by atoms with Gasteiger partial charge in [0.25, 0.3) is 0 Å². The lowest BCUT2D eigenvalue weighted by Crippen LogP contribution is -2.27. The normalized spacial score (nSPS) is 10.4. The summed E-state index contributed by atoms with van der Waals surface area (Å²) in [6.45, 7) is 6.93. The molecule has 0 unspecified atom stereocenters. The van der Waals surface area contributed by atoms with Gasteiger partial charge in [-0.2, -0.15) is 0 Å². The summed E-state index contributed by atoms with van der Waals surface area (Å²) in [4.78, 5) is 14.5. The van der Waals surface area contributed by atoms with Crippen LogP contribution in [0.25, 0.3) is 11.1 Å². The summed E-state index contributed by atoms with van der Waals surface area (Å²) in [5.41, 5.74) is 1.61. The second kappa shape index (κ2) is 10.4. The largest absolute Gasteiger partial charge is 0.506 e. The number of carbonyl (C=O) groups excluding carboxylic acids is 1. The van der Waals surface area contributed by atoms with Crippen molar-refractivity contribution in [2.24, 2.45) is 0 Å². The number of benzene rings is 2. The topological polar surface area (TPSA) is 49.8 Å². The number of esters is 1. The molecule has 4 nitrogen and oxygen atoms in total. The molecule has 0 saturated heterocycles. The van der Waals surface area contributed by atoms with E-state index in [9.17, 15) is 9.90 Å². The average molecular weight is 429 g/mol. The second-order valence-corrected chi connectivity index (χ2v) is 6.29. The Labute approximate surface area is 163 Å². The van der Waals surface area contributed by atoms with Crippen LogP contribution < -0.4 is 0 Å². The lowest BCUT2D eigenvalue weighted by atomic mass is 10.0. The molecule has 25 heavy (non-hydrogen) atoms. The summed E-state index contributed by atoms with van der Waals surface area (Å²) in [5.74, 6) is -0.574. The average Bonchev–Trinajstić information content (AvgIpc) is 2.61. The van der Waals surface area contributed by atoms with Gasteiger partial charge in [0.05, 0.1) is 0 Å². The Morgan fingerprint density at radius 3 is 2.40 bits per heavy atom. The standard InChI is InChI=1S/C19H22BrNO3.ClH/c1-3-21(4-2)10-11-24-19(23)17-13-15(20)12-16(18(17)22)14-8-6-5-7-9-14;/h5-9,12-13,22H,3-4,10-11H2,1-2H3;1H. The lowest BCUT2D eigenvalue weighted by Gasteiger charge is -2.18. The molecule has 2 rings (SSSR count). The van der Waals surface area contributed by atoms with Gasteiger partial charge in [-0.1, -0.05) is 60.1 Å². The SMILES string of the molecule is CCN(CC)CCOC(=O)c1cc(Br)cc(-c2ccccc2)c1O.Cl. The molecule has 0 radical (unpaired) electrons. The van der Waals surface area contributed by atoms with Crippen LogP contribution in [0.1, 0.15) is 24.2 Å². The molecular weight excluding hydrogens is 406 g/mol. The number of ether oxygens (including phenoxy) is 1. The van der Waals surface area contributed by atoms with Crippen LogP contribution in [0, 0.1) is 0 Å². The van der Waals surface area contributed by atoms with Crippen molar-refractivity contribution in [2.45, 2.75) is 13.8 Å². The van der Waals surface area contributed by atoms with Gasteiger partial charge in [0, 0.05) is 16.6 Å². The van der Waals surface area contributed by atoms with Gasteiger partial charge in [-0.3, -0.25) is 0 Å². The predicted octanol–water partition coefficient (Wildman–Crippen LogP) is 4.74. The van der Waals surface area contributed by atoms with Crippen molar-refractivity contribution in [3.05, 3.63) is 52.5 Å². The second-order valence-electron chi connectivity index (χ2n) is 5.38. The fourth-order valence-electron chi connectivity index (χ4n) is 2.48. The molecule has 0 spiro atoms. The molecule has 0 bridgehead atoms. The van der Waals surface area contributed by atoms with E-state index in [1.807, 2.05) is 30.3 Å². The van der Waals surface area contributed by atoms with Crippen LogP contribution in [0.4, 0.5) is 0 Å². The molecule has 2 aromatic rings. The third kappa shape index (κ3) is 5.73. The predicted molar refractivity (Wildman–Crippen MR) is 107 cm³/mol. The molecule has 6 heteroatoms. The highest BCUT2D eigenvalue weighted by Crippen LogP contribution is 2.35. The summed E-state index contributed by atoms with van der Waals surface area (Å²) < 4.78 is 6.04. The van der Waals surface area contributed by atoms with E-state index in [0.717, 1.165) is 23.1 Å². The highest BCUT2D eigenvalue weighted by Gasteiger charge is 2.18. The van der Waals surface area contributed by atoms with Crippen LogP contribution in [0.15, 0.2) is 46.9 Å². The number of likely N-dealkylation sites (N-methyl/N-ethyl adjacent to an activating group) is 1. The van der Waals surface area contributed by atoms with Crippen LogP contribution in [0.2, 0.25) is 0 Å². The van der Waals surface area contributed by atoms with Crippen molar-refractivity contribution in [1.29, 1.82) is 0 Å². The molecule has 0 atom stereocenters. The van der Waals surface area contributed by atoms with E-state index in [4.69, 9.17) is 4.74 Å². The molecule has 2 aromatic carbocycles. The zero-order valence-corrected chi connectivity index (χ0v) is 16.8. The fourth-order valence-corrected chi connectivity index (χ4v) is 2.94. The first-order chi connectivity index (χ1) is 11.6. The van der Waals surface area contributed by atoms with Crippen molar-refractivity contribution in [2.75, 3.05) is 26.2 Å². The van der Waals surface area contributed by atoms with Crippen LogP contribution in [0.5, 0.6) is 5.75 Å². The van der Waals surface area contributed by atoms with E-state index in [-0.39, 0.29) is 23.7 Å². The highest BCUT2D eigenvalue weighted by atomic mass is 79.9. The smallest absolute Gasteiger partial charge is 0.342 e.